The number of carbonyl (C=O) groups excluding carboxylic acids is 1. The van der Waals surface area contributed by atoms with Crippen molar-refractivity contribution in [3.63, 3.8) is 0 Å². The molecule has 0 aliphatic heterocycles. The molecular formula is C32H28O7. The van der Waals surface area contributed by atoms with Crippen molar-refractivity contribution < 1.29 is 23.7 Å². The van der Waals surface area contributed by atoms with Crippen LogP contribution in [0, 0.1) is 13.8 Å². The molecule has 6 rings (SSSR count). The van der Waals surface area contributed by atoms with Gasteiger partial charge in [-0.3, -0.25) is 14.4 Å². The van der Waals surface area contributed by atoms with E-state index in [9.17, 15) is 14.4 Å². The van der Waals surface area contributed by atoms with Gasteiger partial charge in [0.1, 0.15) is 23.0 Å². The maximum Gasteiger partial charge on any atom is 0.190 e. The summed E-state index contributed by atoms with van der Waals surface area (Å²) in [5.74, 6) is 1.69. The van der Waals surface area contributed by atoms with Gasteiger partial charge in [0.2, 0.25) is 0 Å². The Morgan fingerprint density at radius 1 is 0.641 bits per heavy atom. The first-order valence-corrected chi connectivity index (χ1v) is 12.7. The molecule has 0 heterocycles. The molecule has 0 atom stereocenters. The van der Waals surface area contributed by atoms with E-state index in [0.29, 0.717) is 89.4 Å². The molecule has 0 N–H and O–H groups in total. The molecule has 1 aliphatic rings. The largest absolute Gasteiger partial charge is 0.496 e. The number of aryl methyl sites for hydroxylation is 2. The third-order valence-corrected chi connectivity index (χ3v) is 8.31. The molecule has 0 bridgehead atoms. The quantitative estimate of drug-likeness (QED) is 0.223. The maximum absolute atomic E-state index is 13.7. The lowest BCUT2D eigenvalue weighted by Crippen LogP contribution is -2.12. The lowest BCUT2D eigenvalue weighted by Gasteiger charge is -2.25. The molecule has 7 nitrogen and oxygen atoms in total. The molecule has 0 saturated carbocycles. The van der Waals surface area contributed by atoms with E-state index < -0.39 is 0 Å². The number of allylic oxidation sites excluding steroid dienone is 2. The molecule has 1 aliphatic carbocycles. The summed E-state index contributed by atoms with van der Waals surface area (Å²) in [6.07, 6.45) is 0.414. The van der Waals surface area contributed by atoms with Gasteiger partial charge in [-0.1, -0.05) is 5.57 Å². The van der Waals surface area contributed by atoms with Gasteiger partial charge < -0.3 is 18.9 Å². The Hall–Kier alpha value is -4.39. The monoisotopic (exact) mass is 524 g/mol. The van der Waals surface area contributed by atoms with Gasteiger partial charge in [0.25, 0.3) is 0 Å². The zero-order chi connectivity index (χ0) is 28.1. The highest BCUT2D eigenvalue weighted by Crippen LogP contribution is 2.55. The van der Waals surface area contributed by atoms with Gasteiger partial charge in [-0.25, -0.2) is 0 Å². The van der Waals surface area contributed by atoms with Gasteiger partial charge >= 0.3 is 0 Å². The zero-order valence-corrected chi connectivity index (χ0v) is 23.2. The Morgan fingerprint density at radius 2 is 1.13 bits per heavy atom. The highest BCUT2D eigenvalue weighted by Gasteiger charge is 2.34. The summed E-state index contributed by atoms with van der Waals surface area (Å²) in [7, 11) is 6.18. The fraction of sp³-hybridized carbons (Fsp3) is 0.281. The first-order valence-electron chi connectivity index (χ1n) is 12.7. The van der Waals surface area contributed by atoms with Crippen LogP contribution in [0.5, 0.6) is 23.0 Å². The third kappa shape index (κ3) is 2.90. The van der Waals surface area contributed by atoms with Crippen LogP contribution >= 0.6 is 0 Å². The van der Waals surface area contributed by atoms with E-state index in [1.807, 2.05) is 20.8 Å². The number of Topliss-reactive ketones (excluding diaryl/α,β-unsaturated/α-hetero) is 1. The molecule has 5 aromatic carbocycles. The summed E-state index contributed by atoms with van der Waals surface area (Å²) < 4.78 is 23.5. The van der Waals surface area contributed by atoms with Crippen LogP contribution in [0.15, 0.2) is 27.3 Å². The van der Waals surface area contributed by atoms with E-state index in [1.54, 1.807) is 21.1 Å². The zero-order valence-electron chi connectivity index (χ0n) is 23.2. The second-order valence-corrected chi connectivity index (χ2v) is 10.2. The first-order chi connectivity index (χ1) is 18.6. The Labute approximate surface area is 224 Å². The highest BCUT2D eigenvalue weighted by atomic mass is 16.5. The molecule has 198 valence electrons. The van der Waals surface area contributed by atoms with Crippen molar-refractivity contribution in [3.05, 3.63) is 60.4 Å². The number of hydrogen-bond donors (Lipinski definition) is 0. The van der Waals surface area contributed by atoms with E-state index in [0.717, 1.165) is 16.5 Å². The predicted molar refractivity (Wildman–Crippen MR) is 154 cm³/mol. The minimum Gasteiger partial charge on any atom is -0.496 e. The SMILES string of the molecule is COc1c(C)c2c(=O)cc(OC)c3c4c(OC)cc(=O)c5c(C)c(OC)c6c(c(c1CC(C)=C6C(C)=O)c23)c54. The van der Waals surface area contributed by atoms with E-state index in [-0.39, 0.29) is 16.6 Å². The van der Waals surface area contributed by atoms with Gasteiger partial charge in [0.05, 0.1) is 28.4 Å². The van der Waals surface area contributed by atoms with Crippen LogP contribution in [0.25, 0.3) is 48.7 Å². The molecule has 39 heavy (non-hydrogen) atoms. The van der Waals surface area contributed by atoms with E-state index in [1.165, 1.54) is 26.4 Å². The van der Waals surface area contributed by atoms with E-state index in [2.05, 4.69) is 0 Å². The van der Waals surface area contributed by atoms with Crippen molar-refractivity contribution in [2.75, 3.05) is 28.4 Å². The standard InChI is InChI=1S/C32H28O7/c1-12-9-16-24-27-22(13(2)31(16)38-7)17(34)10-19(36-5)25(27)26-20(37-6)11-18(35)23-14(3)32(39-8)30(21(12)15(4)33)29(24)28(23)26/h10-11H,9H2,1-8H3. The number of benzene rings is 5. The molecule has 0 saturated heterocycles. The summed E-state index contributed by atoms with van der Waals surface area (Å²) in [5, 5.41) is 5.10. The molecule has 5 aromatic rings. The van der Waals surface area contributed by atoms with Crippen molar-refractivity contribution in [1.29, 1.82) is 0 Å². The maximum atomic E-state index is 13.7. The molecule has 0 aromatic heterocycles. The van der Waals surface area contributed by atoms with Crippen LogP contribution in [0.4, 0.5) is 0 Å². The minimum absolute atomic E-state index is 0.117. The van der Waals surface area contributed by atoms with Gasteiger partial charge in [0, 0.05) is 77.7 Å². The number of carbonyl (C=O) groups is 1. The van der Waals surface area contributed by atoms with Crippen LogP contribution in [-0.4, -0.2) is 34.2 Å². The van der Waals surface area contributed by atoms with Gasteiger partial charge in [-0.2, -0.15) is 0 Å². The van der Waals surface area contributed by atoms with Crippen LogP contribution in [-0.2, 0) is 11.2 Å². The second-order valence-electron chi connectivity index (χ2n) is 10.2. The Morgan fingerprint density at radius 3 is 1.59 bits per heavy atom. The molecule has 0 radical (unpaired) electrons. The third-order valence-electron chi connectivity index (χ3n) is 8.31. The summed E-state index contributed by atoms with van der Waals surface area (Å²) in [6.45, 7) is 7.19. The van der Waals surface area contributed by atoms with Crippen molar-refractivity contribution in [2.24, 2.45) is 0 Å². The summed E-state index contributed by atoms with van der Waals surface area (Å²) in [5.41, 5.74) is 3.76. The highest BCUT2D eigenvalue weighted by molar-refractivity contribution is 6.41. The molecular weight excluding hydrogens is 496 g/mol. The minimum atomic E-state index is -0.224. The van der Waals surface area contributed by atoms with E-state index in [4.69, 9.17) is 18.9 Å². The lowest BCUT2D eigenvalue weighted by molar-refractivity contribution is -0.111. The Kier molecular flexibility index (Phi) is 5.31. The van der Waals surface area contributed by atoms with Crippen LogP contribution in [0.3, 0.4) is 0 Å². The fourth-order valence-corrected chi connectivity index (χ4v) is 6.98. The Balaban J connectivity index is 2.21. The summed E-state index contributed by atoms with van der Waals surface area (Å²) >= 11 is 0. The van der Waals surface area contributed by atoms with Crippen molar-refractivity contribution in [2.45, 2.75) is 34.1 Å². The van der Waals surface area contributed by atoms with Crippen molar-refractivity contribution in [1.82, 2.24) is 0 Å². The number of hydrogen-bond acceptors (Lipinski definition) is 7. The average Bonchev–Trinajstić information content (AvgIpc) is 3.02. The van der Waals surface area contributed by atoms with Crippen LogP contribution < -0.4 is 29.8 Å². The lowest BCUT2D eigenvalue weighted by atomic mass is 9.81. The predicted octanol–water partition coefficient (Wildman–Crippen LogP) is 5.47. The molecule has 0 fully saturated rings. The molecule has 7 heteroatoms. The van der Waals surface area contributed by atoms with Gasteiger partial charge in [-0.15, -0.1) is 0 Å². The summed E-state index contributed by atoms with van der Waals surface area (Å²) in [6, 6.07) is 2.95. The van der Waals surface area contributed by atoms with Crippen molar-refractivity contribution >= 4 is 54.4 Å². The molecule has 0 spiro atoms. The average molecular weight is 525 g/mol. The molecule has 0 unspecified atom stereocenters. The Bertz CT molecular complexity index is 2070. The van der Waals surface area contributed by atoms with Gasteiger partial charge in [0.15, 0.2) is 16.6 Å². The van der Waals surface area contributed by atoms with Crippen molar-refractivity contribution in [3.8, 4) is 23.0 Å². The number of ether oxygens (including phenoxy) is 4. The number of ketones is 1. The normalized spacial score (nSPS) is 13.2. The second kappa shape index (κ2) is 8.30. The fourth-order valence-electron chi connectivity index (χ4n) is 6.98. The summed E-state index contributed by atoms with van der Waals surface area (Å²) in [4.78, 5) is 40.7. The smallest absolute Gasteiger partial charge is 0.190 e. The van der Waals surface area contributed by atoms with Crippen LogP contribution in [0.1, 0.15) is 36.1 Å². The van der Waals surface area contributed by atoms with Gasteiger partial charge in [-0.05, 0) is 39.5 Å². The number of methoxy groups -OCH3 is 4. The van der Waals surface area contributed by atoms with E-state index >= 15 is 0 Å². The topological polar surface area (TPSA) is 88.1 Å². The molecule has 0 amide bonds. The first kappa shape index (κ1) is 24.9. The van der Waals surface area contributed by atoms with Crippen LogP contribution in [0.2, 0.25) is 0 Å². The number of rotatable bonds is 5. The number of fused-ring (bicyclic) bond motifs is 1.